The molecule has 11 rings (SSSR count). The predicted molar refractivity (Wildman–Crippen MR) is 226 cm³/mol. The second kappa shape index (κ2) is 13.2. The van der Waals surface area contributed by atoms with E-state index in [0.29, 0.717) is 17.5 Å². The number of benzene rings is 7. The molecule has 5 heteroatoms. The van der Waals surface area contributed by atoms with Gasteiger partial charge in [0, 0.05) is 49.5 Å². The largest absolute Gasteiger partial charge is 0.455 e. The van der Waals surface area contributed by atoms with Gasteiger partial charge in [0.2, 0.25) is 0 Å². The first-order valence-electron chi connectivity index (χ1n) is 19.0. The third kappa shape index (κ3) is 5.36. The number of furan rings is 2. The van der Waals surface area contributed by atoms with Gasteiger partial charge in [-0.3, -0.25) is 0 Å². The van der Waals surface area contributed by atoms with Crippen LogP contribution in [0.1, 0.15) is 23.1 Å². The molecule has 3 aromatic heterocycles. The quantitative estimate of drug-likeness (QED) is 0.177. The first kappa shape index (κ1) is 32.1. The van der Waals surface area contributed by atoms with Gasteiger partial charge in [0.15, 0.2) is 17.5 Å². The van der Waals surface area contributed by atoms with E-state index >= 15 is 0 Å². The van der Waals surface area contributed by atoms with Crippen LogP contribution in [-0.4, -0.2) is 15.0 Å². The number of allylic oxidation sites excluding steroid dienone is 1. The monoisotopic (exact) mass is 719 g/mol. The van der Waals surface area contributed by atoms with Gasteiger partial charge >= 0.3 is 0 Å². The molecule has 0 spiro atoms. The zero-order chi connectivity index (χ0) is 37.0. The van der Waals surface area contributed by atoms with Crippen molar-refractivity contribution < 1.29 is 8.83 Å². The molecule has 0 fully saturated rings. The van der Waals surface area contributed by atoms with Gasteiger partial charge < -0.3 is 8.83 Å². The van der Waals surface area contributed by atoms with Crippen LogP contribution in [0.3, 0.4) is 0 Å². The average Bonchev–Trinajstić information content (AvgIpc) is 3.84. The van der Waals surface area contributed by atoms with Crippen molar-refractivity contribution in [3.63, 3.8) is 0 Å². The van der Waals surface area contributed by atoms with Crippen molar-refractivity contribution in [2.75, 3.05) is 0 Å². The summed E-state index contributed by atoms with van der Waals surface area (Å²) in [6.45, 7) is 0. The molecule has 1 aliphatic rings. The summed E-state index contributed by atoms with van der Waals surface area (Å²) >= 11 is 0. The number of para-hydroxylation sites is 3. The summed E-state index contributed by atoms with van der Waals surface area (Å²) in [6, 6.07) is 58.4. The molecule has 0 atom stereocenters. The number of hydrogen-bond donors (Lipinski definition) is 0. The minimum Gasteiger partial charge on any atom is -0.455 e. The number of nitrogens with zero attached hydrogens (tertiary/aromatic N) is 3. The van der Waals surface area contributed by atoms with E-state index in [1.807, 2.05) is 78.9 Å². The van der Waals surface area contributed by atoms with Gasteiger partial charge in [-0.15, -0.1) is 0 Å². The fourth-order valence-corrected chi connectivity index (χ4v) is 8.27. The van der Waals surface area contributed by atoms with Crippen molar-refractivity contribution in [2.24, 2.45) is 0 Å². The molecule has 7 aromatic carbocycles. The molecule has 10 aromatic rings. The van der Waals surface area contributed by atoms with Crippen molar-refractivity contribution in [1.29, 1.82) is 0 Å². The first-order valence-corrected chi connectivity index (χ1v) is 19.0. The molecule has 56 heavy (non-hydrogen) atoms. The molecule has 0 amide bonds. The predicted octanol–water partition coefficient (Wildman–Crippen LogP) is 13.2. The van der Waals surface area contributed by atoms with E-state index in [0.717, 1.165) is 102 Å². The van der Waals surface area contributed by atoms with Crippen molar-refractivity contribution in [3.8, 4) is 56.6 Å². The fourth-order valence-electron chi connectivity index (χ4n) is 8.27. The summed E-state index contributed by atoms with van der Waals surface area (Å²) in [5.74, 6) is 2.77. The smallest absolute Gasteiger partial charge is 0.164 e. The Morgan fingerprint density at radius 2 is 0.946 bits per heavy atom. The van der Waals surface area contributed by atoms with Crippen LogP contribution in [-0.2, 0) is 6.42 Å². The standard InChI is InChI=1S/C51H33N3O2/c1-3-15-32(16-4-1)49-52-50(33-17-5-2-6-18-33)54-51(53-49)35-20-11-19-34(31-35)36-23-12-24-38-37(40-26-14-28-42-39-21-7-9-29-44(39)55-47(40)42)25-13-27-41(38)48-46(36)43-22-8-10-30-45(43)56-48/h1-11,13-23,25-31H,12,24H2. The Morgan fingerprint density at radius 3 is 1.70 bits per heavy atom. The lowest BCUT2D eigenvalue weighted by Crippen LogP contribution is -2.01. The summed E-state index contributed by atoms with van der Waals surface area (Å²) in [6.07, 6.45) is 4.04. The molecule has 264 valence electrons. The van der Waals surface area contributed by atoms with Gasteiger partial charge in [0.05, 0.1) is 0 Å². The SMILES string of the molecule is C1=C(c2cccc(-c3nc(-c4ccccc4)nc(-c4ccccc4)n3)c2)c2c(oc3ccccc23)-c2cccc(-c3cccc4c3oc3ccccc34)c2CC1. The Bertz CT molecular complexity index is 3080. The topological polar surface area (TPSA) is 65.0 Å². The maximum atomic E-state index is 6.88. The van der Waals surface area contributed by atoms with Crippen LogP contribution in [0.25, 0.3) is 95.1 Å². The highest BCUT2D eigenvalue weighted by Crippen LogP contribution is 2.47. The lowest BCUT2D eigenvalue weighted by atomic mass is 9.84. The Hall–Kier alpha value is -7.37. The number of fused-ring (bicyclic) bond motifs is 8. The highest BCUT2D eigenvalue weighted by molar-refractivity contribution is 6.10. The Balaban J connectivity index is 1.07. The van der Waals surface area contributed by atoms with Gasteiger partial charge in [-0.05, 0) is 53.3 Å². The van der Waals surface area contributed by atoms with Crippen molar-refractivity contribution in [3.05, 3.63) is 193 Å². The summed E-state index contributed by atoms with van der Waals surface area (Å²) < 4.78 is 13.4. The second-order valence-electron chi connectivity index (χ2n) is 14.2. The number of rotatable bonds is 5. The summed E-state index contributed by atoms with van der Waals surface area (Å²) in [5, 5.41) is 3.33. The van der Waals surface area contributed by atoms with Crippen molar-refractivity contribution in [2.45, 2.75) is 12.8 Å². The minimum atomic E-state index is 0.623. The molecule has 0 N–H and O–H groups in total. The van der Waals surface area contributed by atoms with Gasteiger partial charge in [-0.1, -0.05) is 158 Å². The van der Waals surface area contributed by atoms with Crippen LogP contribution in [0, 0.1) is 0 Å². The van der Waals surface area contributed by atoms with Gasteiger partial charge in [0.25, 0.3) is 0 Å². The first-order chi connectivity index (χ1) is 27.8. The van der Waals surface area contributed by atoms with Crippen LogP contribution in [0.4, 0.5) is 0 Å². The van der Waals surface area contributed by atoms with Gasteiger partial charge in [0.1, 0.15) is 22.5 Å². The Kier molecular flexibility index (Phi) is 7.56. The lowest BCUT2D eigenvalue weighted by Gasteiger charge is -2.19. The van der Waals surface area contributed by atoms with Crippen LogP contribution < -0.4 is 0 Å². The maximum Gasteiger partial charge on any atom is 0.164 e. The Labute approximate surface area is 323 Å². The average molecular weight is 720 g/mol. The molecule has 0 aliphatic heterocycles. The summed E-state index contributed by atoms with van der Waals surface area (Å²) in [5.41, 5.74) is 13.3. The third-order valence-corrected chi connectivity index (χ3v) is 10.9. The van der Waals surface area contributed by atoms with E-state index in [2.05, 4.69) is 97.1 Å². The van der Waals surface area contributed by atoms with E-state index < -0.39 is 0 Å². The number of hydrogen-bond acceptors (Lipinski definition) is 5. The molecule has 0 saturated heterocycles. The minimum absolute atomic E-state index is 0.623. The molecule has 5 nitrogen and oxygen atoms in total. The highest BCUT2D eigenvalue weighted by atomic mass is 16.3. The second-order valence-corrected chi connectivity index (χ2v) is 14.2. The molecule has 3 heterocycles. The highest BCUT2D eigenvalue weighted by Gasteiger charge is 2.26. The van der Waals surface area contributed by atoms with Crippen LogP contribution in [0.2, 0.25) is 0 Å². The lowest BCUT2D eigenvalue weighted by molar-refractivity contribution is 0.629. The molecule has 0 saturated carbocycles. The van der Waals surface area contributed by atoms with Crippen LogP contribution in [0.15, 0.2) is 185 Å². The molecule has 0 unspecified atom stereocenters. The molecule has 0 radical (unpaired) electrons. The summed E-state index contributed by atoms with van der Waals surface area (Å²) in [4.78, 5) is 15.0. The normalized spacial score (nSPS) is 12.6. The van der Waals surface area contributed by atoms with E-state index in [9.17, 15) is 0 Å². The zero-order valence-electron chi connectivity index (χ0n) is 30.3. The third-order valence-electron chi connectivity index (χ3n) is 10.9. The van der Waals surface area contributed by atoms with Crippen molar-refractivity contribution in [1.82, 2.24) is 15.0 Å². The molecule has 0 bridgehead atoms. The molecular weight excluding hydrogens is 687 g/mol. The van der Waals surface area contributed by atoms with E-state index in [-0.39, 0.29) is 0 Å². The Morgan fingerprint density at radius 1 is 0.411 bits per heavy atom. The maximum absolute atomic E-state index is 6.88. The summed E-state index contributed by atoms with van der Waals surface area (Å²) in [7, 11) is 0. The number of aromatic nitrogens is 3. The van der Waals surface area contributed by atoms with E-state index in [4.69, 9.17) is 23.8 Å². The van der Waals surface area contributed by atoms with E-state index in [1.165, 1.54) is 5.56 Å². The van der Waals surface area contributed by atoms with Crippen LogP contribution >= 0.6 is 0 Å². The van der Waals surface area contributed by atoms with Gasteiger partial charge in [-0.2, -0.15) is 0 Å². The fraction of sp³-hybridized carbons (Fsp3) is 0.0392. The van der Waals surface area contributed by atoms with Gasteiger partial charge in [-0.25, -0.2) is 15.0 Å². The van der Waals surface area contributed by atoms with E-state index in [1.54, 1.807) is 0 Å². The van der Waals surface area contributed by atoms with Crippen LogP contribution in [0.5, 0.6) is 0 Å². The molecular formula is C51H33N3O2. The zero-order valence-corrected chi connectivity index (χ0v) is 30.3. The van der Waals surface area contributed by atoms with Crippen molar-refractivity contribution >= 4 is 38.5 Å². The molecule has 1 aliphatic carbocycles.